The standard InChI is InChI=1S/C25H28N4O/c30-24(18-23(21-8-3-1-4-9-21)22-10-5-2-6-11-22)28-19-20-12-16-29(17-13-20)25-26-14-7-15-27-25/h1-11,14-15,20,23H,12-13,16-19H2,(H,28,30). The Kier molecular flexibility index (Phi) is 6.70. The Morgan fingerprint density at radius 3 is 2.03 bits per heavy atom. The Bertz CT molecular complexity index is 870. The molecule has 1 amide bonds. The quantitative estimate of drug-likeness (QED) is 0.651. The molecule has 0 aliphatic carbocycles. The van der Waals surface area contributed by atoms with Crippen LogP contribution in [0.25, 0.3) is 0 Å². The monoisotopic (exact) mass is 400 g/mol. The van der Waals surface area contributed by atoms with Gasteiger partial charge in [-0.05, 0) is 36.0 Å². The van der Waals surface area contributed by atoms with Crippen LogP contribution in [0.1, 0.15) is 36.3 Å². The van der Waals surface area contributed by atoms with E-state index in [0.717, 1.165) is 38.4 Å². The number of rotatable bonds is 7. The molecule has 0 saturated carbocycles. The van der Waals surface area contributed by atoms with Gasteiger partial charge in [0, 0.05) is 44.4 Å². The lowest BCUT2D eigenvalue weighted by molar-refractivity contribution is -0.121. The molecule has 5 heteroatoms. The molecule has 3 aromatic rings. The van der Waals surface area contributed by atoms with Crippen molar-refractivity contribution in [2.45, 2.75) is 25.2 Å². The van der Waals surface area contributed by atoms with Gasteiger partial charge in [0.05, 0.1) is 0 Å². The third-order valence-electron chi connectivity index (χ3n) is 5.83. The van der Waals surface area contributed by atoms with Gasteiger partial charge in [0.2, 0.25) is 11.9 Å². The Balaban J connectivity index is 1.30. The van der Waals surface area contributed by atoms with Gasteiger partial charge in [-0.25, -0.2) is 9.97 Å². The van der Waals surface area contributed by atoms with Gasteiger partial charge in [-0.3, -0.25) is 4.79 Å². The van der Waals surface area contributed by atoms with Crippen LogP contribution in [0.4, 0.5) is 5.95 Å². The highest BCUT2D eigenvalue weighted by Gasteiger charge is 2.22. The third-order valence-corrected chi connectivity index (χ3v) is 5.83. The molecule has 1 fully saturated rings. The molecule has 1 aromatic heterocycles. The fraction of sp³-hybridized carbons (Fsp3) is 0.320. The van der Waals surface area contributed by atoms with E-state index in [1.165, 1.54) is 11.1 Å². The predicted molar refractivity (Wildman–Crippen MR) is 119 cm³/mol. The number of hydrogen-bond donors (Lipinski definition) is 1. The minimum absolute atomic E-state index is 0.0736. The summed E-state index contributed by atoms with van der Waals surface area (Å²) in [5.41, 5.74) is 2.35. The molecular formula is C25H28N4O. The molecule has 2 heterocycles. The number of benzene rings is 2. The van der Waals surface area contributed by atoms with E-state index < -0.39 is 0 Å². The summed E-state index contributed by atoms with van der Waals surface area (Å²) in [6.45, 7) is 2.60. The van der Waals surface area contributed by atoms with Crippen LogP contribution in [0.5, 0.6) is 0 Å². The van der Waals surface area contributed by atoms with Crippen molar-refractivity contribution >= 4 is 11.9 Å². The second kappa shape index (κ2) is 10.0. The zero-order chi connectivity index (χ0) is 20.6. The highest BCUT2D eigenvalue weighted by molar-refractivity contribution is 5.77. The smallest absolute Gasteiger partial charge is 0.225 e. The fourth-order valence-corrected chi connectivity index (χ4v) is 4.11. The number of anilines is 1. The summed E-state index contributed by atoms with van der Waals surface area (Å²) in [5.74, 6) is 1.49. The zero-order valence-corrected chi connectivity index (χ0v) is 17.2. The van der Waals surface area contributed by atoms with Gasteiger partial charge in [-0.15, -0.1) is 0 Å². The van der Waals surface area contributed by atoms with E-state index in [-0.39, 0.29) is 11.8 Å². The van der Waals surface area contributed by atoms with Gasteiger partial charge in [0.15, 0.2) is 0 Å². The molecule has 2 aromatic carbocycles. The third kappa shape index (κ3) is 5.23. The summed E-state index contributed by atoms with van der Waals surface area (Å²) < 4.78 is 0. The number of carbonyl (C=O) groups excluding carboxylic acids is 1. The first-order valence-electron chi connectivity index (χ1n) is 10.7. The normalized spacial score (nSPS) is 14.6. The molecule has 0 unspecified atom stereocenters. The van der Waals surface area contributed by atoms with Crippen molar-refractivity contribution in [3.05, 3.63) is 90.3 Å². The van der Waals surface area contributed by atoms with Crippen LogP contribution < -0.4 is 10.2 Å². The van der Waals surface area contributed by atoms with Crippen molar-refractivity contribution in [1.82, 2.24) is 15.3 Å². The van der Waals surface area contributed by atoms with Gasteiger partial charge in [-0.2, -0.15) is 0 Å². The lowest BCUT2D eigenvalue weighted by Gasteiger charge is -2.32. The van der Waals surface area contributed by atoms with E-state index in [0.29, 0.717) is 12.3 Å². The fourth-order valence-electron chi connectivity index (χ4n) is 4.11. The Labute approximate surface area is 178 Å². The second-order valence-electron chi connectivity index (χ2n) is 7.86. The molecule has 1 aliphatic rings. The Hall–Kier alpha value is -3.21. The maximum atomic E-state index is 12.8. The first-order valence-corrected chi connectivity index (χ1v) is 10.7. The average Bonchev–Trinajstić information content (AvgIpc) is 2.83. The van der Waals surface area contributed by atoms with Gasteiger partial charge < -0.3 is 10.2 Å². The van der Waals surface area contributed by atoms with Crippen LogP contribution in [-0.4, -0.2) is 35.5 Å². The summed E-state index contributed by atoms with van der Waals surface area (Å²) in [6.07, 6.45) is 6.11. The van der Waals surface area contributed by atoms with Crippen LogP contribution in [0.3, 0.4) is 0 Å². The van der Waals surface area contributed by atoms with Crippen LogP contribution in [-0.2, 0) is 4.79 Å². The van der Waals surface area contributed by atoms with E-state index in [9.17, 15) is 4.79 Å². The minimum Gasteiger partial charge on any atom is -0.356 e. The highest BCUT2D eigenvalue weighted by Crippen LogP contribution is 2.28. The molecule has 1 aliphatic heterocycles. The number of piperidine rings is 1. The van der Waals surface area contributed by atoms with E-state index in [1.807, 2.05) is 42.5 Å². The van der Waals surface area contributed by atoms with Crippen molar-refractivity contribution < 1.29 is 4.79 Å². The molecular weight excluding hydrogens is 372 g/mol. The molecule has 154 valence electrons. The second-order valence-corrected chi connectivity index (χ2v) is 7.86. The summed E-state index contributed by atoms with van der Waals surface area (Å²) in [4.78, 5) is 23.7. The van der Waals surface area contributed by atoms with Crippen molar-refractivity contribution in [3.63, 3.8) is 0 Å². The lowest BCUT2D eigenvalue weighted by atomic mass is 9.88. The van der Waals surface area contributed by atoms with Crippen LogP contribution in [0, 0.1) is 5.92 Å². The highest BCUT2D eigenvalue weighted by atomic mass is 16.1. The Morgan fingerprint density at radius 1 is 0.900 bits per heavy atom. The first-order chi connectivity index (χ1) is 14.8. The summed E-state index contributed by atoms with van der Waals surface area (Å²) in [5, 5.41) is 3.19. The van der Waals surface area contributed by atoms with Crippen LogP contribution in [0.2, 0.25) is 0 Å². The molecule has 0 radical (unpaired) electrons. The topological polar surface area (TPSA) is 58.1 Å². The molecule has 0 spiro atoms. The zero-order valence-electron chi connectivity index (χ0n) is 17.2. The first kappa shape index (κ1) is 20.1. The molecule has 4 rings (SSSR count). The number of hydrogen-bond acceptors (Lipinski definition) is 4. The number of nitrogens with one attached hydrogen (secondary N) is 1. The number of aromatic nitrogens is 2. The SMILES string of the molecule is O=C(CC(c1ccccc1)c1ccccc1)NCC1CCN(c2ncccn2)CC1. The largest absolute Gasteiger partial charge is 0.356 e. The maximum absolute atomic E-state index is 12.8. The van der Waals surface area contributed by atoms with E-state index in [2.05, 4.69) is 44.5 Å². The number of amides is 1. The molecule has 30 heavy (non-hydrogen) atoms. The van der Waals surface area contributed by atoms with Crippen molar-refractivity contribution in [2.24, 2.45) is 5.92 Å². The number of carbonyl (C=O) groups is 1. The number of nitrogens with zero attached hydrogens (tertiary/aromatic N) is 3. The van der Waals surface area contributed by atoms with Gasteiger partial charge in [0.25, 0.3) is 0 Å². The van der Waals surface area contributed by atoms with Crippen molar-refractivity contribution in [1.29, 1.82) is 0 Å². The maximum Gasteiger partial charge on any atom is 0.225 e. The molecule has 1 saturated heterocycles. The van der Waals surface area contributed by atoms with E-state index in [1.54, 1.807) is 12.4 Å². The Morgan fingerprint density at radius 2 is 1.47 bits per heavy atom. The predicted octanol–water partition coefficient (Wildman–Crippen LogP) is 4.03. The molecule has 0 atom stereocenters. The van der Waals surface area contributed by atoms with Crippen molar-refractivity contribution in [3.8, 4) is 0 Å². The van der Waals surface area contributed by atoms with E-state index >= 15 is 0 Å². The van der Waals surface area contributed by atoms with Crippen molar-refractivity contribution in [2.75, 3.05) is 24.5 Å². The summed E-state index contributed by atoms with van der Waals surface area (Å²) >= 11 is 0. The molecule has 1 N–H and O–H groups in total. The van der Waals surface area contributed by atoms with E-state index in [4.69, 9.17) is 0 Å². The van der Waals surface area contributed by atoms with Crippen LogP contribution in [0.15, 0.2) is 79.1 Å². The van der Waals surface area contributed by atoms with Crippen LogP contribution >= 0.6 is 0 Å². The van der Waals surface area contributed by atoms with Gasteiger partial charge >= 0.3 is 0 Å². The minimum atomic E-state index is 0.0736. The average molecular weight is 401 g/mol. The summed E-state index contributed by atoms with van der Waals surface area (Å²) in [6, 6.07) is 22.4. The van der Waals surface area contributed by atoms with Gasteiger partial charge in [0.1, 0.15) is 0 Å². The molecule has 0 bridgehead atoms. The lowest BCUT2D eigenvalue weighted by Crippen LogP contribution is -2.39. The van der Waals surface area contributed by atoms with Gasteiger partial charge in [-0.1, -0.05) is 60.7 Å². The summed E-state index contributed by atoms with van der Waals surface area (Å²) in [7, 11) is 0. The molecule has 5 nitrogen and oxygen atoms in total.